The highest BCUT2D eigenvalue weighted by Gasteiger charge is 2.16. The standard InChI is InChI=1S/C12H16N2O3/c13-10(8-9-4-2-1-3-5-9)12(17)14-7-6-11(15)16/h1-5,10H,6-8,13H2,(H,14,17)(H,15,16)/t10-/m0/s1. The first kappa shape index (κ1) is 13.2. The first-order chi connectivity index (χ1) is 8.09. The van der Waals surface area contributed by atoms with Crippen molar-refractivity contribution in [1.29, 1.82) is 0 Å². The van der Waals surface area contributed by atoms with Crippen LogP contribution >= 0.6 is 0 Å². The summed E-state index contributed by atoms with van der Waals surface area (Å²) in [4.78, 5) is 21.7. The zero-order valence-corrected chi connectivity index (χ0v) is 9.52. The van der Waals surface area contributed by atoms with Crippen LogP contribution in [0.1, 0.15) is 12.0 Å². The number of aliphatic carboxylic acids is 1. The average molecular weight is 236 g/mol. The molecule has 92 valence electrons. The molecule has 0 aromatic heterocycles. The normalized spacial score (nSPS) is 11.8. The summed E-state index contributed by atoms with van der Waals surface area (Å²) in [6.07, 6.45) is 0.363. The molecule has 0 fully saturated rings. The number of nitrogens with one attached hydrogen (secondary N) is 1. The lowest BCUT2D eigenvalue weighted by molar-refractivity contribution is -0.403. The van der Waals surface area contributed by atoms with Gasteiger partial charge in [0.05, 0.1) is 0 Å². The molecule has 0 aliphatic heterocycles. The molecule has 1 atom stereocenters. The van der Waals surface area contributed by atoms with E-state index in [1.165, 1.54) is 0 Å². The zero-order chi connectivity index (χ0) is 12.7. The highest BCUT2D eigenvalue weighted by Crippen LogP contribution is 2.00. The number of carbonyl (C=O) groups excluding carboxylic acids is 2. The van der Waals surface area contributed by atoms with Gasteiger partial charge in [-0.05, 0) is 5.56 Å². The van der Waals surface area contributed by atoms with Crippen LogP contribution in [-0.4, -0.2) is 24.5 Å². The van der Waals surface area contributed by atoms with Gasteiger partial charge in [0.15, 0.2) is 6.04 Å². The largest absolute Gasteiger partial charge is 0.550 e. The molecule has 0 aliphatic carbocycles. The van der Waals surface area contributed by atoms with E-state index in [0.29, 0.717) is 6.42 Å². The predicted molar refractivity (Wildman–Crippen MR) is 59.5 cm³/mol. The zero-order valence-electron chi connectivity index (χ0n) is 9.52. The molecule has 0 bridgehead atoms. The molecule has 0 spiro atoms. The molecule has 5 nitrogen and oxygen atoms in total. The molecule has 1 aromatic rings. The van der Waals surface area contributed by atoms with Crippen LogP contribution in [0.25, 0.3) is 0 Å². The summed E-state index contributed by atoms with van der Waals surface area (Å²) in [7, 11) is 0. The summed E-state index contributed by atoms with van der Waals surface area (Å²) in [5.41, 5.74) is 4.79. The van der Waals surface area contributed by atoms with E-state index in [0.717, 1.165) is 5.56 Å². The Balaban J connectivity index is 2.34. The van der Waals surface area contributed by atoms with Gasteiger partial charge in [-0.25, -0.2) is 0 Å². The number of carboxylic acids is 1. The van der Waals surface area contributed by atoms with Crippen LogP contribution in [0.3, 0.4) is 0 Å². The summed E-state index contributed by atoms with van der Waals surface area (Å²) in [6.45, 7) is 0.0853. The Hall–Kier alpha value is -1.88. The third-order valence-corrected chi connectivity index (χ3v) is 2.32. The van der Waals surface area contributed by atoms with Gasteiger partial charge < -0.3 is 21.0 Å². The summed E-state index contributed by atoms with van der Waals surface area (Å²) in [5, 5.41) is 12.7. The SMILES string of the molecule is [NH3+][C@@H](Cc1ccccc1)C(=O)NCCC(=O)[O-]. The van der Waals surface area contributed by atoms with Gasteiger partial charge in [0.1, 0.15) is 0 Å². The Morgan fingerprint density at radius 1 is 1.29 bits per heavy atom. The second kappa shape index (κ2) is 6.65. The van der Waals surface area contributed by atoms with Crippen molar-refractivity contribution < 1.29 is 20.4 Å². The number of hydrogen-bond acceptors (Lipinski definition) is 3. The lowest BCUT2D eigenvalue weighted by Crippen LogP contribution is -2.68. The van der Waals surface area contributed by atoms with Gasteiger partial charge in [0.25, 0.3) is 5.91 Å². The second-order valence-electron chi connectivity index (χ2n) is 3.80. The van der Waals surface area contributed by atoms with Crippen molar-refractivity contribution in [2.24, 2.45) is 0 Å². The number of carbonyl (C=O) groups is 2. The minimum atomic E-state index is -1.17. The van der Waals surface area contributed by atoms with Crippen molar-refractivity contribution in [1.82, 2.24) is 5.32 Å². The fourth-order valence-corrected chi connectivity index (χ4v) is 1.42. The first-order valence-corrected chi connectivity index (χ1v) is 5.44. The quantitative estimate of drug-likeness (QED) is 0.603. The van der Waals surface area contributed by atoms with Crippen molar-refractivity contribution in [2.45, 2.75) is 18.9 Å². The van der Waals surface area contributed by atoms with Crippen molar-refractivity contribution in [3.8, 4) is 0 Å². The second-order valence-corrected chi connectivity index (χ2v) is 3.80. The Kier molecular flexibility index (Phi) is 5.16. The highest BCUT2D eigenvalue weighted by molar-refractivity contribution is 5.80. The average Bonchev–Trinajstić information content (AvgIpc) is 2.29. The molecule has 0 saturated carbocycles. The Morgan fingerprint density at radius 3 is 2.53 bits per heavy atom. The Labute approximate surface area is 99.6 Å². The Bertz CT molecular complexity index is 379. The first-order valence-electron chi connectivity index (χ1n) is 5.44. The molecule has 17 heavy (non-hydrogen) atoms. The number of quaternary nitrogens is 1. The minimum absolute atomic E-state index is 0.0853. The maximum absolute atomic E-state index is 11.5. The third kappa shape index (κ3) is 5.12. The van der Waals surface area contributed by atoms with E-state index >= 15 is 0 Å². The molecular weight excluding hydrogens is 220 g/mol. The van der Waals surface area contributed by atoms with Crippen LogP contribution in [0.15, 0.2) is 30.3 Å². The lowest BCUT2D eigenvalue weighted by Gasteiger charge is -2.10. The number of benzene rings is 1. The molecule has 0 saturated heterocycles. The molecule has 1 aromatic carbocycles. The molecule has 0 radical (unpaired) electrons. The molecule has 1 amide bonds. The molecule has 0 aliphatic rings. The summed E-state index contributed by atoms with van der Waals surface area (Å²) < 4.78 is 0. The van der Waals surface area contributed by atoms with E-state index in [2.05, 4.69) is 11.1 Å². The topological polar surface area (TPSA) is 96.9 Å². The number of rotatable bonds is 6. The molecule has 5 heteroatoms. The van der Waals surface area contributed by atoms with E-state index in [-0.39, 0.29) is 18.9 Å². The fourth-order valence-electron chi connectivity index (χ4n) is 1.42. The van der Waals surface area contributed by atoms with Gasteiger partial charge in [-0.15, -0.1) is 0 Å². The monoisotopic (exact) mass is 236 g/mol. The highest BCUT2D eigenvalue weighted by atomic mass is 16.4. The van der Waals surface area contributed by atoms with Gasteiger partial charge in [-0.3, -0.25) is 4.79 Å². The number of amides is 1. The van der Waals surface area contributed by atoms with E-state index in [1.807, 2.05) is 30.3 Å². The predicted octanol–water partition coefficient (Wildman–Crippen LogP) is -1.90. The minimum Gasteiger partial charge on any atom is -0.550 e. The van der Waals surface area contributed by atoms with Gasteiger partial charge >= 0.3 is 0 Å². The van der Waals surface area contributed by atoms with Crippen LogP contribution in [-0.2, 0) is 16.0 Å². The van der Waals surface area contributed by atoms with E-state index in [9.17, 15) is 14.7 Å². The maximum atomic E-state index is 11.5. The number of carboxylic acid groups (broad SMARTS) is 1. The van der Waals surface area contributed by atoms with Crippen molar-refractivity contribution in [3.05, 3.63) is 35.9 Å². The maximum Gasteiger partial charge on any atom is 0.278 e. The van der Waals surface area contributed by atoms with Crippen molar-refractivity contribution in [3.63, 3.8) is 0 Å². The molecule has 0 heterocycles. The Morgan fingerprint density at radius 2 is 1.94 bits per heavy atom. The van der Waals surface area contributed by atoms with E-state index in [4.69, 9.17) is 0 Å². The van der Waals surface area contributed by atoms with Crippen molar-refractivity contribution in [2.75, 3.05) is 6.54 Å². The van der Waals surface area contributed by atoms with Crippen LogP contribution in [0.5, 0.6) is 0 Å². The van der Waals surface area contributed by atoms with Crippen LogP contribution in [0, 0.1) is 0 Å². The van der Waals surface area contributed by atoms with Crippen LogP contribution in [0.4, 0.5) is 0 Å². The van der Waals surface area contributed by atoms with Crippen LogP contribution < -0.4 is 16.2 Å². The summed E-state index contributed by atoms with van der Waals surface area (Å²) in [5.74, 6) is -1.41. The number of hydrogen-bond donors (Lipinski definition) is 2. The fraction of sp³-hybridized carbons (Fsp3) is 0.333. The summed E-state index contributed by atoms with van der Waals surface area (Å²) in [6, 6.07) is 9.13. The van der Waals surface area contributed by atoms with E-state index in [1.54, 1.807) is 0 Å². The lowest BCUT2D eigenvalue weighted by atomic mass is 10.1. The summed E-state index contributed by atoms with van der Waals surface area (Å²) >= 11 is 0. The smallest absolute Gasteiger partial charge is 0.278 e. The van der Waals surface area contributed by atoms with Gasteiger partial charge in [0.2, 0.25) is 0 Å². The molecule has 4 N–H and O–H groups in total. The van der Waals surface area contributed by atoms with Crippen LogP contribution in [0.2, 0.25) is 0 Å². The molecule has 0 unspecified atom stereocenters. The van der Waals surface area contributed by atoms with Crippen molar-refractivity contribution >= 4 is 11.9 Å². The molecule has 1 rings (SSSR count). The van der Waals surface area contributed by atoms with E-state index < -0.39 is 12.0 Å². The molecular formula is C12H16N2O3. The van der Waals surface area contributed by atoms with Gasteiger partial charge in [-0.2, -0.15) is 0 Å². The third-order valence-electron chi connectivity index (χ3n) is 2.32. The van der Waals surface area contributed by atoms with Gasteiger partial charge in [-0.1, -0.05) is 30.3 Å². The van der Waals surface area contributed by atoms with Gasteiger partial charge in [0, 0.05) is 25.4 Å².